The Morgan fingerprint density at radius 3 is 2.25 bits per heavy atom. The second-order valence-corrected chi connectivity index (χ2v) is 8.10. The normalized spacial score (nSPS) is 19.7. The summed E-state index contributed by atoms with van der Waals surface area (Å²) in [5, 5.41) is 0. The van der Waals surface area contributed by atoms with E-state index in [9.17, 15) is 4.79 Å². The summed E-state index contributed by atoms with van der Waals surface area (Å²) in [6.45, 7) is 7.30. The molecule has 3 nitrogen and oxygen atoms in total. The fourth-order valence-corrected chi connectivity index (χ4v) is 3.14. The third-order valence-corrected chi connectivity index (χ3v) is 4.74. The predicted octanol–water partition coefficient (Wildman–Crippen LogP) is 5.22. The van der Waals surface area contributed by atoms with Crippen molar-refractivity contribution in [2.24, 2.45) is 5.92 Å². The maximum atomic E-state index is 12.1. The molecule has 0 radical (unpaired) electrons. The van der Waals surface area contributed by atoms with Gasteiger partial charge < -0.3 is 9.64 Å². The number of rotatable bonds is 3. The third-order valence-electron chi connectivity index (χ3n) is 4.74. The van der Waals surface area contributed by atoms with E-state index in [0.29, 0.717) is 5.92 Å². The third kappa shape index (κ3) is 4.86. The average Bonchev–Trinajstić information content (AvgIpc) is 3.37. The van der Waals surface area contributed by atoms with E-state index in [2.05, 4.69) is 36.4 Å². The van der Waals surface area contributed by atoms with Crippen molar-refractivity contribution in [2.75, 3.05) is 13.1 Å². The van der Waals surface area contributed by atoms with Crippen molar-refractivity contribution in [1.29, 1.82) is 0 Å². The number of hydrogen-bond acceptors (Lipinski definition) is 2. The van der Waals surface area contributed by atoms with Crippen LogP contribution >= 0.6 is 0 Å². The van der Waals surface area contributed by atoms with Gasteiger partial charge in [-0.15, -0.1) is 0 Å². The predicted molar refractivity (Wildman–Crippen MR) is 98.0 cm³/mol. The summed E-state index contributed by atoms with van der Waals surface area (Å²) in [4.78, 5) is 13.9. The summed E-state index contributed by atoms with van der Waals surface area (Å²) in [7, 11) is 0. The van der Waals surface area contributed by atoms with Crippen LogP contribution in [0.15, 0.2) is 30.3 Å². The molecule has 24 heavy (non-hydrogen) atoms. The standard InChI is InChI=1S/C21H29NO2/c1-21(2,3)24-20(23)22-14-12-17(13-15-22)5-4-16-6-8-18(9-7-16)19-10-11-19/h4-9,17,19H,10-15H2,1-3H3/b5-4+. The zero-order valence-corrected chi connectivity index (χ0v) is 15.1. The molecule has 0 unspecified atom stereocenters. The van der Waals surface area contributed by atoms with Crippen molar-refractivity contribution >= 4 is 12.2 Å². The minimum absolute atomic E-state index is 0.180. The Hall–Kier alpha value is -1.77. The van der Waals surface area contributed by atoms with Crippen LogP contribution in [0.2, 0.25) is 0 Å². The highest BCUT2D eigenvalue weighted by atomic mass is 16.6. The van der Waals surface area contributed by atoms with Crippen LogP contribution in [-0.4, -0.2) is 29.7 Å². The van der Waals surface area contributed by atoms with Crippen molar-refractivity contribution in [1.82, 2.24) is 4.90 Å². The van der Waals surface area contributed by atoms with Gasteiger partial charge in [0, 0.05) is 13.1 Å². The smallest absolute Gasteiger partial charge is 0.410 e. The molecule has 1 aliphatic heterocycles. The molecule has 1 aliphatic carbocycles. The first-order valence-corrected chi connectivity index (χ1v) is 9.17. The molecular weight excluding hydrogens is 298 g/mol. The number of benzene rings is 1. The summed E-state index contributed by atoms with van der Waals surface area (Å²) in [5.41, 5.74) is 2.34. The highest BCUT2D eigenvalue weighted by Gasteiger charge is 2.26. The summed E-state index contributed by atoms with van der Waals surface area (Å²) in [6, 6.07) is 8.98. The Bertz CT molecular complexity index is 585. The van der Waals surface area contributed by atoms with Gasteiger partial charge in [-0.05, 0) is 69.4 Å². The number of hydrogen-bond donors (Lipinski definition) is 0. The van der Waals surface area contributed by atoms with Crippen LogP contribution < -0.4 is 0 Å². The number of carbonyl (C=O) groups is 1. The Kier molecular flexibility index (Phi) is 4.98. The van der Waals surface area contributed by atoms with Crippen molar-refractivity contribution in [3.8, 4) is 0 Å². The zero-order valence-electron chi connectivity index (χ0n) is 15.1. The number of allylic oxidation sites excluding steroid dienone is 1. The summed E-state index contributed by atoms with van der Waals surface area (Å²) >= 11 is 0. The lowest BCUT2D eigenvalue weighted by Crippen LogP contribution is -2.41. The van der Waals surface area contributed by atoms with Crippen LogP contribution in [0, 0.1) is 5.92 Å². The number of amides is 1. The fraction of sp³-hybridized carbons (Fsp3) is 0.571. The largest absolute Gasteiger partial charge is 0.444 e. The molecule has 1 saturated carbocycles. The van der Waals surface area contributed by atoms with Crippen LogP contribution in [0.1, 0.15) is 63.5 Å². The summed E-state index contributed by atoms with van der Waals surface area (Å²) in [6.07, 6.45) is 9.08. The molecule has 0 N–H and O–H groups in total. The van der Waals surface area contributed by atoms with Crippen LogP contribution in [0.5, 0.6) is 0 Å². The van der Waals surface area contributed by atoms with Gasteiger partial charge in [-0.3, -0.25) is 0 Å². The van der Waals surface area contributed by atoms with Crippen LogP contribution in [0.25, 0.3) is 6.08 Å². The molecule has 1 heterocycles. The number of likely N-dealkylation sites (tertiary alicyclic amines) is 1. The molecule has 0 bridgehead atoms. The SMILES string of the molecule is CC(C)(C)OC(=O)N1CCC(/C=C/c2ccc(C3CC3)cc2)CC1. The van der Waals surface area contributed by atoms with Crippen LogP contribution in [0.3, 0.4) is 0 Å². The molecule has 3 rings (SSSR count). The average molecular weight is 327 g/mol. The van der Waals surface area contributed by atoms with E-state index >= 15 is 0 Å². The molecule has 130 valence electrons. The van der Waals surface area contributed by atoms with Crippen LogP contribution in [0.4, 0.5) is 4.79 Å². The Morgan fingerprint density at radius 1 is 1.08 bits per heavy atom. The lowest BCUT2D eigenvalue weighted by Gasteiger charge is -2.32. The molecule has 1 amide bonds. The van der Waals surface area contributed by atoms with E-state index in [0.717, 1.165) is 31.8 Å². The summed E-state index contributed by atoms with van der Waals surface area (Å²) < 4.78 is 5.45. The van der Waals surface area contributed by atoms with Gasteiger partial charge in [0.2, 0.25) is 0 Å². The minimum atomic E-state index is -0.416. The molecule has 3 heteroatoms. The van der Waals surface area contributed by atoms with Gasteiger partial charge in [0.15, 0.2) is 0 Å². The van der Waals surface area contributed by atoms with E-state index in [1.54, 1.807) is 0 Å². The molecule has 0 aromatic heterocycles. The molecule has 1 saturated heterocycles. The zero-order chi connectivity index (χ0) is 17.2. The molecule has 0 spiro atoms. The van der Waals surface area contributed by atoms with E-state index in [1.165, 1.54) is 24.0 Å². The van der Waals surface area contributed by atoms with Crippen molar-refractivity contribution in [3.63, 3.8) is 0 Å². The fourth-order valence-electron chi connectivity index (χ4n) is 3.14. The Morgan fingerprint density at radius 2 is 1.71 bits per heavy atom. The first-order valence-electron chi connectivity index (χ1n) is 9.17. The second-order valence-electron chi connectivity index (χ2n) is 8.10. The highest BCUT2D eigenvalue weighted by molar-refractivity contribution is 5.68. The number of piperidine rings is 1. The van der Waals surface area contributed by atoms with E-state index in [-0.39, 0.29) is 6.09 Å². The van der Waals surface area contributed by atoms with Gasteiger partial charge in [0.05, 0.1) is 0 Å². The van der Waals surface area contributed by atoms with E-state index < -0.39 is 5.60 Å². The van der Waals surface area contributed by atoms with Gasteiger partial charge in [0.1, 0.15) is 5.60 Å². The van der Waals surface area contributed by atoms with Gasteiger partial charge in [-0.2, -0.15) is 0 Å². The maximum Gasteiger partial charge on any atom is 0.410 e. The van der Waals surface area contributed by atoms with Crippen molar-refractivity contribution in [2.45, 2.75) is 58.0 Å². The van der Waals surface area contributed by atoms with Crippen LogP contribution in [-0.2, 0) is 4.74 Å². The van der Waals surface area contributed by atoms with Gasteiger partial charge in [-0.25, -0.2) is 4.79 Å². The first kappa shape index (κ1) is 17.1. The van der Waals surface area contributed by atoms with E-state index in [4.69, 9.17) is 4.74 Å². The summed E-state index contributed by atoms with van der Waals surface area (Å²) in [5.74, 6) is 1.37. The maximum absolute atomic E-state index is 12.1. The lowest BCUT2D eigenvalue weighted by atomic mass is 9.95. The molecule has 2 aliphatic rings. The molecule has 1 aromatic carbocycles. The van der Waals surface area contributed by atoms with Crippen molar-refractivity contribution < 1.29 is 9.53 Å². The monoisotopic (exact) mass is 327 g/mol. The van der Waals surface area contributed by atoms with Gasteiger partial charge >= 0.3 is 6.09 Å². The van der Waals surface area contributed by atoms with Gasteiger partial charge in [0.25, 0.3) is 0 Å². The molecular formula is C21H29NO2. The second kappa shape index (κ2) is 7.00. The quantitative estimate of drug-likeness (QED) is 0.761. The first-order chi connectivity index (χ1) is 11.4. The molecule has 0 atom stereocenters. The number of carbonyl (C=O) groups excluding carboxylic acids is 1. The van der Waals surface area contributed by atoms with E-state index in [1.807, 2.05) is 25.7 Å². The number of nitrogens with zero attached hydrogens (tertiary/aromatic N) is 1. The molecule has 2 fully saturated rings. The minimum Gasteiger partial charge on any atom is -0.444 e. The topological polar surface area (TPSA) is 29.5 Å². The lowest BCUT2D eigenvalue weighted by molar-refractivity contribution is 0.0197. The Balaban J connectivity index is 1.47. The number of ether oxygens (including phenoxy) is 1. The molecule has 1 aromatic rings. The van der Waals surface area contributed by atoms with Gasteiger partial charge in [-0.1, -0.05) is 36.4 Å². The Labute approximate surface area is 145 Å². The van der Waals surface area contributed by atoms with Crippen molar-refractivity contribution in [3.05, 3.63) is 41.5 Å². The highest BCUT2D eigenvalue weighted by Crippen LogP contribution is 2.39.